The summed E-state index contributed by atoms with van der Waals surface area (Å²) in [4.78, 5) is 15.2. The third-order valence-electron chi connectivity index (χ3n) is 6.29. The summed E-state index contributed by atoms with van der Waals surface area (Å²) >= 11 is 0. The third-order valence-corrected chi connectivity index (χ3v) is 6.29. The molecule has 0 aromatic heterocycles. The van der Waals surface area contributed by atoms with Crippen molar-refractivity contribution in [3.8, 4) is 0 Å². The number of fused-ring (bicyclic) bond motifs is 2. The Morgan fingerprint density at radius 1 is 0.947 bits per heavy atom. The summed E-state index contributed by atoms with van der Waals surface area (Å²) < 4.78 is 0. The maximum atomic E-state index is 12.9. The van der Waals surface area contributed by atoms with Gasteiger partial charge in [0.15, 0.2) is 0 Å². The number of carbonyl (C=O) groups is 1. The number of likely N-dealkylation sites (tertiary alicyclic amines) is 1. The fourth-order valence-electron chi connectivity index (χ4n) is 5.36. The molecule has 106 valence electrons. The van der Waals surface area contributed by atoms with Crippen LogP contribution >= 0.6 is 0 Å². The molecular weight excluding hydrogens is 236 g/mol. The summed E-state index contributed by atoms with van der Waals surface area (Å²) in [6, 6.07) is 0.746. The van der Waals surface area contributed by atoms with Gasteiger partial charge >= 0.3 is 0 Å². The summed E-state index contributed by atoms with van der Waals surface area (Å²) in [5.74, 6) is 2.71. The van der Waals surface area contributed by atoms with Crippen LogP contribution in [-0.4, -0.2) is 36.0 Å². The van der Waals surface area contributed by atoms with Gasteiger partial charge < -0.3 is 10.2 Å². The Bertz CT molecular complexity index is 370. The minimum absolute atomic E-state index is 0.159. The summed E-state index contributed by atoms with van der Waals surface area (Å²) in [5.41, 5.74) is 0. The number of rotatable bonds is 1. The molecule has 0 radical (unpaired) electrons. The molecule has 0 aromatic carbocycles. The molecule has 0 aromatic rings. The molecule has 2 aliphatic carbocycles. The largest absolute Gasteiger partial charge is 0.338 e. The molecule has 2 aliphatic heterocycles. The molecule has 3 heteroatoms. The number of hydrogen-bond donors (Lipinski definition) is 1. The Hall–Kier alpha value is -0.570. The van der Waals surface area contributed by atoms with E-state index in [9.17, 15) is 4.79 Å². The van der Waals surface area contributed by atoms with Gasteiger partial charge in [0.05, 0.1) is 6.04 Å². The zero-order valence-electron chi connectivity index (χ0n) is 11.8. The predicted octanol–water partition coefficient (Wildman–Crippen LogP) is 2.17. The van der Waals surface area contributed by atoms with Gasteiger partial charge in [-0.05, 0) is 62.8 Å². The van der Waals surface area contributed by atoms with Crippen molar-refractivity contribution < 1.29 is 4.79 Å². The van der Waals surface area contributed by atoms with E-state index in [-0.39, 0.29) is 6.04 Å². The first kappa shape index (κ1) is 12.2. The van der Waals surface area contributed by atoms with Crippen LogP contribution in [0.15, 0.2) is 0 Å². The van der Waals surface area contributed by atoms with Crippen LogP contribution in [0.5, 0.6) is 0 Å². The minimum Gasteiger partial charge on any atom is -0.338 e. The van der Waals surface area contributed by atoms with Crippen molar-refractivity contribution in [3.05, 3.63) is 0 Å². The van der Waals surface area contributed by atoms with E-state index < -0.39 is 0 Å². The zero-order chi connectivity index (χ0) is 12.8. The lowest BCUT2D eigenvalue weighted by Crippen LogP contribution is -2.53. The van der Waals surface area contributed by atoms with Crippen molar-refractivity contribution in [2.75, 3.05) is 13.1 Å². The van der Waals surface area contributed by atoms with Crippen molar-refractivity contribution in [2.45, 2.75) is 63.5 Å². The summed E-state index contributed by atoms with van der Waals surface area (Å²) in [6.07, 6.45) is 10.5. The highest BCUT2D eigenvalue weighted by atomic mass is 16.2. The van der Waals surface area contributed by atoms with E-state index in [0.717, 1.165) is 24.9 Å². The fraction of sp³-hybridized carbons (Fsp3) is 0.938. The first-order valence-electron chi connectivity index (χ1n) is 8.38. The molecule has 4 fully saturated rings. The Morgan fingerprint density at radius 2 is 1.74 bits per heavy atom. The molecule has 0 spiro atoms. The van der Waals surface area contributed by atoms with Gasteiger partial charge in [0, 0.05) is 12.6 Å². The van der Waals surface area contributed by atoms with E-state index in [4.69, 9.17) is 0 Å². The molecule has 2 heterocycles. The number of hydrogen-bond acceptors (Lipinski definition) is 2. The van der Waals surface area contributed by atoms with Gasteiger partial charge in [0.25, 0.3) is 0 Å². The van der Waals surface area contributed by atoms with Crippen molar-refractivity contribution in [3.63, 3.8) is 0 Å². The smallest absolute Gasteiger partial charge is 0.240 e. The molecule has 5 atom stereocenters. The van der Waals surface area contributed by atoms with Gasteiger partial charge in [0.2, 0.25) is 5.91 Å². The molecule has 0 bridgehead atoms. The minimum atomic E-state index is 0.159. The van der Waals surface area contributed by atoms with E-state index in [1.165, 1.54) is 51.4 Å². The molecule has 19 heavy (non-hydrogen) atoms. The number of piperidine rings is 1. The molecule has 4 aliphatic rings. The maximum absolute atomic E-state index is 12.9. The highest BCUT2D eigenvalue weighted by Gasteiger charge is 2.46. The summed E-state index contributed by atoms with van der Waals surface area (Å²) in [5, 5.41) is 3.54. The van der Waals surface area contributed by atoms with Crippen LogP contribution in [0.2, 0.25) is 0 Å². The Kier molecular flexibility index (Phi) is 3.06. The first-order chi connectivity index (χ1) is 9.34. The lowest BCUT2D eigenvalue weighted by molar-refractivity contribution is -0.138. The lowest BCUT2D eigenvalue weighted by Gasteiger charge is -2.40. The van der Waals surface area contributed by atoms with Crippen molar-refractivity contribution in [1.82, 2.24) is 10.2 Å². The number of carbonyl (C=O) groups excluding carboxylic acids is 1. The predicted molar refractivity (Wildman–Crippen MR) is 74.7 cm³/mol. The zero-order valence-corrected chi connectivity index (χ0v) is 11.8. The van der Waals surface area contributed by atoms with E-state index >= 15 is 0 Å². The SMILES string of the molecule is O=C(C1NCC2CCCC21)N1CCCC2CCCC21. The standard InChI is InChI=1S/C16H26N2O/c19-16(15-13-7-1-5-12(13)10-17-15)18-9-3-6-11-4-2-8-14(11)18/h11-15,17H,1-10H2. The van der Waals surface area contributed by atoms with Crippen LogP contribution in [0.1, 0.15) is 51.4 Å². The summed E-state index contributed by atoms with van der Waals surface area (Å²) in [6.45, 7) is 2.11. The van der Waals surface area contributed by atoms with Gasteiger partial charge in [0.1, 0.15) is 0 Å². The van der Waals surface area contributed by atoms with E-state index in [1.807, 2.05) is 0 Å². The molecule has 2 saturated heterocycles. The Morgan fingerprint density at radius 3 is 2.68 bits per heavy atom. The quantitative estimate of drug-likeness (QED) is 0.785. The van der Waals surface area contributed by atoms with Crippen molar-refractivity contribution in [2.24, 2.45) is 17.8 Å². The topological polar surface area (TPSA) is 32.3 Å². The van der Waals surface area contributed by atoms with Crippen LogP contribution in [0, 0.1) is 17.8 Å². The van der Waals surface area contributed by atoms with Crippen molar-refractivity contribution in [1.29, 1.82) is 0 Å². The van der Waals surface area contributed by atoms with Gasteiger partial charge in [-0.2, -0.15) is 0 Å². The molecule has 5 unspecified atom stereocenters. The van der Waals surface area contributed by atoms with Crippen LogP contribution < -0.4 is 5.32 Å². The Balaban J connectivity index is 1.50. The number of nitrogens with one attached hydrogen (secondary N) is 1. The molecule has 2 saturated carbocycles. The number of amides is 1. The lowest BCUT2D eigenvalue weighted by atomic mass is 9.89. The first-order valence-corrected chi connectivity index (χ1v) is 8.38. The van der Waals surface area contributed by atoms with E-state index in [2.05, 4.69) is 10.2 Å². The molecular formula is C16H26N2O. The normalized spacial score (nSPS) is 45.3. The fourth-order valence-corrected chi connectivity index (χ4v) is 5.36. The highest BCUT2D eigenvalue weighted by molar-refractivity contribution is 5.83. The van der Waals surface area contributed by atoms with E-state index in [1.54, 1.807) is 0 Å². The van der Waals surface area contributed by atoms with Crippen LogP contribution in [0.3, 0.4) is 0 Å². The van der Waals surface area contributed by atoms with Crippen LogP contribution in [0.4, 0.5) is 0 Å². The molecule has 3 nitrogen and oxygen atoms in total. The number of nitrogens with zero attached hydrogens (tertiary/aromatic N) is 1. The average molecular weight is 262 g/mol. The molecule has 1 N–H and O–H groups in total. The second-order valence-electron chi connectivity index (χ2n) is 7.17. The van der Waals surface area contributed by atoms with Crippen LogP contribution in [0.25, 0.3) is 0 Å². The Labute approximate surface area is 116 Å². The van der Waals surface area contributed by atoms with Crippen molar-refractivity contribution >= 4 is 5.91 Å². The van der Waals surface area contributed by atoms with E-state index in [0.29, 0.717) is 17.9 Å². The highest BCUT2D eigenvalue weighted by Crippen LogP contribution is 2.41. The van der Waals surface area contributed by atoms with Crippen LogP contribution in [-0.2, 0) is 4.79 Å². The molecule has 1 amide bonds. The summed E-state index contributed by atoms with van der Waals surface area (Å²) in [7, 11) is 0. The average Bonchev–Trinajstić information content (AvgIpc) is 3.12. The van der Waals surface area contributed by atoms with Gasteiger partial charge in [-0.3, -0.25) is 4.79 Å². The van der Waals surface area contributed by atoms with Gasteiger partial charge in [-0.15, -0.1) is 0 Å². The second kappa shape index (κ2) is 4.76. The third kappa shape index (κ3) is 1.93. The maximum Gasteiger partial charge on any atom is 0.240 e. The van der Waals surface area contributed by atoms with Gasteiger partial charge in [-0.25, -0.2) is 0 Å². The second-order valence-corrected chi connectivity index (χ2v) is 7.17. The van der Waals surface area contributed by atoms with Gasteiger partial charge in [-0.1, -0.05) is 12.8 Å². The molecule has 4 rings (SSSR count). The monoisotopic (exact) mass is 262 g/mol.